The molecule has 1 heterocycles. The molecule has 0 atom stereocenters. The minimum atomic E-state index is -4.93. The number of nitrogen functional groups attached to an aromatic ring is 2. The highest BCUT2D eigenvalue weighted by molar-refractivity contribution is 7.86. The van der Waals surface area contributed by atoms with Gasteiger partial charge in [0.15, 0.2) is 17.4 Å². The summed E-state index contributed by atoms with van der Waals surface area (Å²) in [5, 5.41) is 16.5. The molecule has 0 spiro atoms. The highest BCUT2D eigenvalue weighted by Crippen LogP contribution is 2.31. The van der Waals surface area contributed by atoms with Crippen molar-refractivity contribution in [2.75, 3.05) is 11.5 Å². The van der Waals surface area contributed by atoms with E-state index in [0.717, 1.165) is 12.1 Å². The van der Waals surface area contributed by atoms with Crippen molar-refractivity contribution in [2.24, 2.45) is 10.2 Å². The van der Waals surface area contributed by atoms with Crippen LogP contribution >= 0.6 is 0 Å². The average molecular weight is 311 g/mol. The van der Waals surface area contributed by atoms with Crippen LogP contribution in [0, 0.1) is 0 Å². The molecule has 2 rings (SSSR count). The number of halogens is 1. The third-order valence-electron chi connectivity index (χ3n) is 2.42. The van der Waals surface area contributed by atoms with Crippen molar-refractivity contribution in [3.05, 3.63) is 30.3 Å². The van der Waals surface area contributed by atoms with Crippen molar-refractivity contribution in [2.45, 2.75) is 4.90 Å². The number of pyridine rings is 1. The summed E-state index contributed by atoms with van der Waals surface area (Å²) in [5.41, 5.74) is 10.7. The number of benzene rings is 1. The fourth-order valence-corrected chi connectivity index (χ4v) is 2.05. The lowest BCUT2D eigenvalue weighted by Gasteiger charge is -2.03. The molecular formula is C11H10FN5O3S. The van der Waals surface area contributed by atoms with Crippen LogP contribution in [0.1, 0.15) is 0 Å². The average Bonchev–Trinajstić information content (AvgIpc) is 2.41. The maximum absolute atomic E-state index is 13.1. The normalized spacial score (nSPS) is 11.9. The molecule has 0 bridgehead atoms. The van der Waals surface area contributed by atoms with Crippen LogP contribution in [0.2, 0.25) is 0 Å². The standard InChI is InChI=1S/C11H10FN5O3S/c12-21(19,20)9-4-2-1-3-7(9)16-17-11-6(13)5-8(18)10(14)15-11/h1-5,18H,13H2,(H2,14,15). The van der Waals surface area contributed by atoms with E-state index in [1.807, 2.05) is 0 Å². The van der Waals surface area contributed by atoms with Gasteiger partial charge in [-0.1, -0.05) is 12.1 Å². The van der Waals surface area contributed by atoms with Gasteiger partial charge in [0.2, 0.25) is 0 Å². The second-order valence-electron chi connectivity index (χ2n) is 3.91. The summed E-state index contributed by atoms with van der Waals surface area (Å²) in [7, 11) is -4.93. The first-order chi connectivity index (χ1) is 9.79. The molecular weight excluding hydrogens is 301 g/mol. The fraction of sp³-hybridized carbons (Fsp3) is 0. The van der Waals surface area contributed by atoms with E-state index in [1.165, 1.54) is 18.2 Å². The molecule has 110 valence electrons. The van der Waals surface area contributed by atoms with E-state index in [9.17, 15) is 17.4 Å². The number of azo groups is 1. The monoisotopic (exact) mass is 311 g/mol. The quantitative estimate of drug-likeness (QED) is 0.584. The van der Waals surface area contributed by atoms with Gasteiger partial charge in [-0.15, -0.1) is 14.1 Å². The van der Waals surface area contributed by atoms with Crippen molar-refractivity contribution >= 4 is 33.2 Å². The first-order valence-electron chi connectivity index (χ1n) is 5.49. The van der Waals surface area contributed by atoms with Crippen LogP contribution in [0.4, 0.5) is 26.9 Å². The molecule has 0 fully saturated rings. The third-order valence-corrected chi connectivity index (χ3v) is 3.29. The molecule has 0 aliphatic rings. The molecule has 5 N–H and O–H groups in total. The Hall–Kier alpha value is -2.75. The summed E-state index contributed by atoms with van der Waals surface area (Å²) in [6, 6.07) is 6.23. The van der Waals surface area contributed by atoms with Crippen LogP contribution in [-0.4, -0.2) is 18.5 Å². The number of hydrogen-bond acceptors (Lipinski definition) is 8. The number of aromatic hydroxyl groups is 1. The van der Waals surface area contributed by atoms with E-state index in [0.29, 0.717) is 0 Å². The minimum absolute atomic E-state index is 0.0222. The molecule has 0 aliphatic carbocycles. The Morgan fingerprint density at radius 1 is 1.19 bits per heavy atom. The fourth-order valence-electron chi connectivity index (χ4n) is 1.45. The number of nitrogens with two attached hydrogens (primary N) is 2. The van der Waals surface area contributed by atoms with Gasteiger partial charge in [-0.25, -0.2) is 4.98 Å². The molecule has 0 saturated heterocycles. The summed E-state index contributed by atoms with van der Waals surface area (Å²) in [6.45, 7) is 0. The van der Waals surface area contributed by atoms with E-state index in [1.54, 1.807) is 0 Å². The van der Waals surface area contributed by atoms with Gasteiger partial charge in [0.05, 0.1) is 5.69 Å². The van der Waals surface area contributed by atoms with Gasteiger partial charge in [0.25, 0.3) is 0 Å². The lowest BCUT2D eigenvalue weighted by atomic mass is 10.3. The van der Waals surface area contributed by atoms with Crippen LogP contribution < -0.4 is 11.5 Å². The Morgan fingerprint density at radius 2 is 1.86 bits per heavy atom. The van der Waals surface area contributed by atoms with Gasteiger partial charge in [-0.3, -0.25) is 0 Å². The number of aromatic nitrogens is 1. The largest absolute Gasteiger partial charge is 0.504 e. The lowest BCUT2D eigenvalue weighted by Crippen LogP contribution is -1.95. The van der Waals surface area contributed by atoms with Gasteiger partial charge in [-0.2, -0.15) is 8.42 Å². The Labute approximate surface area is 119 Å². The molecule has 0 saturated carbocycles. The number of anilines is 2. The SMILES string of the molecule is Nc1cc(O)c(N)nc1N=Nc1ccccc1S(=O)(=O)F. The summed E-state index contributed by atoms with van der Waals surface area (Å²) in [5.74, 6) is -0.668. The summed E-state index contributed by atoms with van der Waals surface area (Å²) in [4.78, 5) is 3.05. The van der Waals surface area contributed by atoms with E-state index < -0.39 is 15.1 Å². The highest BCUT2D eigenvalue weighted by atomic mass is 32.3. The number of rotatable bonds is 3. The molecule has 0 radical (unpaired) electrons. The van der Waals surface area contributed by atoms with Gasteiger partial charge in [-0.05, 0) is 12.1 Å². The van der Waals surface area contributed by atoms with E-state index in [4.69, 9.17) is 11.5 Å². The molecule has 0 aliphatic heterocycles. The minimum Gasteiger partial charge on any atom is -0.504 e. The smallest absolute Gasteiger partial charge is 0.334 e. The van der Waals surface area contributed by atoms with Crippen LogP contribution in [0.25, 0.3) is 0 Å². The second kappa shape index (κ2) is 5.32. The van der Waals surface area contributed by atoms with E-state index in [2.05, 4.69) is 15.2 Å². The topological polar surface area (TPSA) is 144 Å². The molecule has 8 nitrogen and oxygen atoms in total. The molecule has 1 aromatic carbocycles. The second-order valence-corrected chi connectivity index (χ2v) is 5.23. The first-order valence-corrected chi connectivity index (χ1v) is 6.88. The van der Waals surface area contributed by atoms with E-state index >= 15 is 0 Å². The van der Waals surface area contributed by atoms with Crippen LogP contribution in [-0.2, 0) is 10.2 Å². The van der Waals surface area contributed by atoms with Gasteiger partial charge < -0.3 is 16.6 Å². The Morgan fingerprint density at radius 3 is 2.52 bits per heavy atom. The zero-order valence-corrected chi connectivity index (χ0v) is 11.2. The summed E-state index contributed by atoms with van der Waals surface area (Å²) < 4.78 is 35.0. The third kappa shape index (κ3) is 3.23. The molecule has 21 heavy (non-hydrogen) atoms. The van der Waals surface area contributed by atoms with Crippen molar-refractivity contribution < 1.29 is 17.4 Å². The van der Waals surface area contributed by atoms with Gasteiger partial charge in [0.1, 0.15) is 10.6 Å². The molecule has 0 unspecified atom stereocenters. The number of hydrogen-bond donors (Lipinski definition) is 3. The molecule has 1 aromatic heterocycles. The number of nitrogens with zero attached hydrogens (tertiary/aromatic N) is 3. The van der Waals surface area contributed by atoms with Gasteiger partial charge in [0, 0.05) is 6.07 Å². The molecule has 0 amide bonds. The van der Waals surface area contributed by atoms with Gasteiger partial charge >= 0.3 is 10.2 Å². The zero-order chi connectivity index (χ0) is 15.6. The lowest BCUT2D eigenvalue weighted by molar-refractivity contribution is 0.476. The van der Waals surface area contributed by atoms with Crippen LogP contribution in [0.5, 0.6) is 5.75 Å². The van der Waals surface area contributed by atoms with Crippen LogP contribution in [0.3, 0.4) is 0 Å². The van der Waals surface area contributed by atoms with E-state index in [-0.39, 0.29) is 28.8 Å². The predicted molar refractivity (Wildman–Crippen MR) is 73.6 cm³/mol. The molecule has 2 aromatic rings. The molecule has 10 heteroatoms. The van der Waals surface area contributed by atoms with Crippen molar-refractivity contribution in [1.29, 1.82) is 0 Å². The van der Waals surface area contributed by atoms with Crippen molar-refractivity contribution in [1.82, 2.24) is 4.98 Å². The maximum Gasteiger partial charge on any atom is 0.334 e. The van der Waals surface area contributed by atoms with Crippen LogP contribution in [0.15, 0.2) is 45.5 Å². The Balaban J connectivity index is 2.46. The summed E-state index contributed by atoms with van der Waals surface area (Å²) >= 11 is 0. The Kier molecular flexibility index (Phi) is 3.72. The predicted octanol–water partition coefficient (Wildman–Crippen LogP) is 2.03. The zero-order valence-electron chi connectivity index (χ0n) is 10.4. The van der Waals surface area contributed by atoms with Crippen molar-refractivity contribution in [3.63, 3.8) is 0 Å². The first kappa shape index (κ1) is 14.7. The summed E-state index contributed by atoms with van der Waals surface area (Å²) in [6.07, 6.45) is 0. The highest BCUT2D eigenvalue weighted by Gasteiger charge is 2.16. The Bertz CT molecular complexity index is 823. The van der Waals surface area contributed by atoms with Crippen molar-refractivity contribution in [3.8, 4) is 5.75 Å². The maximum atomic E-state index is 13.1.